The molecule has 0 aromatic heterocycles. The molecular weight excluding hydrogens is 192 g/mol. The van der Waals surface area contributed by atoms with Crippen LogP contribution in [0.3, 0.4) is 0 Å². The summed E-state index contributed by atoms with van der Waals surface area (Å²) >= 11 is 0. The van der Waals surface area contributed by atoms with E-state index >= 15 is 0 Å². The smallest absolute Gasteiger partial charge is 0.237 e. The van der Waals surface area contributed by atoms with E-state index in [1.165, 1.54) is 25.7 Å². The maximum absolute atomic E-state index is 11.6. The van der Waals surface area contributed by atoms with Gasteiger partial charge in [0, 0.05) is 0 Å². The average Bonchev–Trinajstić information content (AvgIpc) is 2.63. The average molecular weight is 212 g/mol. The lowest BCUT2D eigenvalue weighted by Crippen LogP contribution is -2.53. The Kier molecular flexibility index (Phi) is 3.59. The molecule has 15 heavy (non-hydrogen) atoms. The van der Waals surface area contributed by atoms with Gasteiger partial charge in [0.05, 0.1) is 25.3 Å². The van der Waals surface area contributed by atoms with Crippen molar-refractivity contribution in [3.63, 3.8) is 0 Å². The van der Waals surface area contributed by atoms with Crippen LogP contribution in [0.5, 0.6) is 0 Å². The Hall–Kier alpha value is -0.610. The number of rotatable bonds is 4. The van der Waals surface area contributed by atoms with Crippen LogP contribution in [0.4, 0.5) is 0 Å². The number of amides is 1. The first-order valence-corrected chi connectivity index (χ1v) is 5.89. The van der Waals surface area contributed by atoms with Crippen LogP contribution in [0.15, 0.2) is 0 Å². The third-order valence-electron chi connectivity index (χ3n) is 3.38. The Labute approximate surface area is 90.5 Å². The zero-order valence-corrected chi connectivity index (χ0v) is 9.08. The van der Waals surface area contributed by atoms with Crippen molar-refractivity contribution in [3.8, 4) is 0 Å². The molecule has 1 amide bonds. The number of hydrogen-bond donors (Lipinski definition) is 2. The molecule has 86 valence electrons. The number of carbonyl (C=O) groups excluding carboxylic acids is 1. The van der Waals surface area contributed by atoms with Gasteiger partial charge in [-0.3, -0.25) is 4.79 Å². The molecule has 3 N–H and O–H groups in total. The summed E-state index contributed by atoms with van der Waals surface area (Å²) in [7, 11) is 0. The number of ether oxygens (including phenoxy) is 1. The molecular formula is C11H20N2O2. The lowest BCUT2D eigenvalue weighted by Gasteiger charge is -2.28. The normalized spacial score (nSPS) is 24.9. The van der Waals surface area contributed by atoms with Crippen LogP contribution in [0, 0.1) is 5.92 Å². The van der Waals surface area contributed by atoms with E-state index in [1.54, 1.807) is 0 Å². The molecule has 1 aliphatic heterocycles. The molecule has 1 saturated heterocycles. The molecule has 1 unspecified atom stereocenters. The predicted octanol–water partition coefficient (Wildman–Crippen LogP) is 0.409. The Morgan fingerprint density at radius 1 is 1.40 bits per heavy atom. The lowest BCUT2D eigenvalue weighted by molar-refractivity contribution is -0.126. The zero-order chi connectivity index (χ0) is 10.7. The molecule has 0 radical (unpaired) electrons. The number of nitrogens with one attached hydrogen (secondary N) is 1. The largest absolute Gasteiger partial charge is 0.377 e. The van der Waals surface area contributed by atoms with Crippen LogP contribution in [-0.2, 0) is 9.53 Å². The van der Waals surface area contributed by atoms with Crippen LogP contribution >= 0.6 is 0 Å². The summed E-state index contributed by atoms with van der Waals surface area (Å²) in [6, 6.07) is -0.124. The van der Waals surface area contributed by atoms with Crippen molar-refractivity contribution >= 4 is 5.91 Å². The lowest BCUT2D eigenvalue weighted by atomic mass is 9.98. The van der Waals surface area contributed by atoms with Gasteiger partial charge in [-0.25, -0.2) is 0 Å². The third kappa shape index (κ3) is 2.92. The quantitative estimate of drug-likeness (QED) is 0.709. The maximum atomic E-state index is 11.6. The van der Waals surface area contributed by atoms with Crippen molar-refractivity contribution < 1.29 is 9.53 Å². The summed E-state index contributed by atoms with van der Waals surface area (Å²) < 4.78 is 4.99. The molecule has 1 heterocycles. The van der Waals surface area contributed by atoms with Crippen LogP contribution in [0.1, 0.15) is 32.1 Å². The van der Waals surface area contributed by atoms with E-state index in [4.69, 9.17) is 10.5 Å². The molecule has 0 spiro atoms. The maximum Gasteiger partial charge on any atom is 0.237 e. The summed E-state index contributed by atoms with van der Waals surface area (Å²) in [5.41, 5.74) is 5.87. The van der Waals surface area contributed by atoms with Gasteiger partial charge in [-0.05, 0) is 12.3 Å². The molecule has 2 aliphatic rings. The fourth-order valence-electron chi connectivity index (χ4n) is 2.34. The highest BCUT2D eigenvalue weighted by Gasteiger charge is 2.26. The molecule has 1 saturated carbocycles. The van der Waals surface area contributed by atoms with Crippen LogP contribution in [0.2, 0.25) is 0 Å². The number of hydrogen-bond acceptors (Lipinski definition) is 3. The predicted molar refractivity (Wildman–Crippen MR) is 57.3 cm³/mol. The van der Waals surface area contributed by atoms with Crippen molar-refractivity contribution in [3.05, 3.63) is 0 Å². The molecule has 2 rings (SSSR count). The van der Waals surface area contributed by atoms with Crippen LogP contribution < -0.4 is 11.1 Å². The van der Waals surface area contributed by atoms with Crippen LogP contribution in [0.25, 0.3) is 0 Å². The van der Waals surface area contributed by atoms with Crippen molar-refractivity contribution in [1.82, 2.24) is 5.32 Å². The minimum absolute atomic E-state index is 0.00444. The topological polar surface area (TPSA) is 64.4 Å². The summed E-state index contributed by atoms with van der Waals surface area (Å²) in [6.45, 7) is 1.28. The summed E-state index contributed by atoms with van der Waals surface area (Å²) in [6.07, 6.45) is 5.94. The first-order chi connectivity index (χ1) is 7.25. The van der Waals surface area contributed by atoms with Gasteiger partial charge < -0.3 is 15.8 Å². The van der Waals surface area contributed by atoms with Crippen molar-refractivity contribution in [2.24, 2.45) is 11.7 Å². The van der Waals surface area contributed by atoms with Gasteiger partial charge >= 0.3 is 0 Å². The molecule has 4 heteroatoms. The van der Waals surface area contributed by atoms with Crippen molar-refractivity contribution in [2.75, 3.05) is 13.2 Å². The van der Waals surface area contributed by atoms with E-state index in [0.29, 0.717) is 19.1 Å². The second-order valence-corrected chi connectivity index (χ2v) is 4.74. The minimum Gasteiger partial charge on any atom is -0.377 e. The highest BCUT2D eigenvalue weighted by molar-refractivity contribution is 5.81. The van der Waals surface area contributed by atoms with Gasteiger partial charge in [0.15, 0.2) is 0 Å². The second kappa shape index (κ2) is 4.94. The summed E-state index contributed by atoms with van der Waals surface area (Å²) in [4.78, 5) is 11.6. The Bertz CT molecular complexity index is 223. The molecule has 0 aromatic carbocycles. The second-order valence-electron chi connectivity index (χ2n) is 4.74. The molecule has 0 aromatic rings. The third-order valence-corrected chi connectivity index (χ3v) is 3.38. The van der Waals surface area contributed by atoms with Gasteiger partial charge in [0.1, 0.15) is 0 Å². The van der Waals surface area contributed by atoms with Gasteiger partial charge in [-0.15, -0.1) is 0 Å². The number of nitrogens with two attached hydrogens (primary N) is 1. The first-order valence-electron chi connectivity index (χ1n) is 5.89. The standard InChI is InChI=1S/C11H20N2O2/c12-10(5-8-3-1-2-4-8)11(14)13-9-6-15-7-9/h8-10H,1-7,12H2,(H,13,14). The van der Waals surface area contributed by atoms with E-state index < -0.39 is 0 Å². The minimum atomic E-state index is -0.325. The van der Waals surface area contributed by atoms with E-state index in [-0.39, 0.29) is 18.0 Å². The molecule has 4 nitrogen and oxygen atoms in total. The van der Waals surface area contributed by atoms with Crippen molar-refractivity contribution in [1.29, 1.82) is 0 Å². The first kappa shape index (κ1) is 10.9. The van der Waals surface area contributed by atoms with Gasteiger partial charge in [0.2, 0.25) is 5.91 Å². The molecule has 1 aliphatic carbocycles. The molecule has 1 atom stereocenters. The van der Waals surface area contributed by atoms with Gasteiger partial charge in [-0.2, -0.15) is 0 Å². The summed E-state index contributed by atoms with van der Waals surface area (Å²) in [5, 5.41) is 2.90. The van der Waals surface area contributed by atoms with E-state index in [1.807, 2.05) is 0 Å². The SMILES string of the molecule is NC(CC1CCCC1)C(=O)NC1COC1. The summed E-state index contributed by atoms with van der Waals surface area (Å²) in [5.74, 6) is 0.665. The molecule has 2 fully saturated rings. The van der Waals surface area contributed by atoms with E-state index in [0.717, 1.165) is 6.42 Å². The van der Waals surface area contributed by atoms with Crippen molar-refractivity contribution in [2.45, 2.75) is 44.2 Å². The molecule has 0 bridgehead atoms. The fourth-order valence-corrected chi connectivity index (χ4v) is 2.34. The monoisotopic (exact) mass is 212 g/mol. The van der Waals surface area contributed by atoms with Gasteiger partial charge in [0.25, 0.3) is 0 Å². The zero-order valence-electron chi connectivity index (χ0n) is 9.08. The van der Waals surface area contributed by atoms with Crippen LogP contribution in [-0.4, -0.2) is 31.2 Å². The van der Waals surface area contributed by atoms with E-state index in [2.05, 4.69) is 5.32 Å². The Morgan fingerprint density at radius 2 is 2.07 bits per heavy atom. The fraction of sp³-hybridized carbons (Fsp3) is 0.909. The number of carbonyl (C=O) groups is 1. The Balaban J connectivity index is 1.68. The Morgan fingerprint density at radius 3 is 2.60 bits per heavy atom. The van der Waals surface area contributed by atoms with Gasteiger partial charge in [-0.1, -0.05) is 25.7 Å². The highest BCUT2D eigenvalue weighted by atomic mass is 16.5. The van der Waals surface area contributed by atoms with E-state index in [9.17, 15) is 4.79 Å². The highest BCUT2D eigenvalue weighted by Crippen LogP contribution is 2.28.